The zero-order valence-electron chi connectivity index (χ0n) is 41.2. The van der Waals surface area contributed by atoms with Gasteiger partial charge in [-0.15, -0.1) is 0 Å². The van der Waals surface area contributed by atoms with Gasteiger partial charge >= 0.3 is 46.4 Å². The Labute approximate surface area is 406 Å². The Balaban J connectivity index is -0.0000000759. The van der Waals surface area contributed by atoms with Gasteiger partial charge in [0.2, 0.25) is 0 Å². The number of nitrogens with zero attached hydrogens (tertiary/aromatic N) is 2. The summed E-state index contributed by atoms with van der Waals surface area (Å²) in [5.41, 5.74) is 6.41. The standard InChI is InChI=1S/C18H32OSi2.C15H26OSi2.2C2H3N.2CO2.4CHO.2CH3.2Fe/c1-9-18(10-2)11-13-14(12-18)17(21(6,7)8)15(19)16(13)20(3,4)5;1-17(2,3)14-11-9-7-8-10-12(11)15(13(14)16)18(4,5)6;2*1-2-3;2*2-1-3;4*1-2;;;;/h9-12H2,1-8H3;7-10H2,1-6H3;2*1H3;;;4*1H;2*1H3;;/q;;;;;;6*-1;2*+3. The van der Waals surface area contributed by atoms with Crippen molar-refractivity contribution in [2.45, 2.75) is 158 Å². The van der Waals surface area contributed by atoms with Crippen molar-refractivity contribution in [1.82, 2.24) is 0 Å². The van der Waals surface area contributed by atoms with Crippen molar-refractivity contribution in [3.05, 3.63) is 57.9 Å². The molecule has 0 N–H and O–H groups in total. The first-order valence-electron chi connectivity index (χ1n) is 18.9. The molecule has 2 saturated carbocycles. The average Bonchev–Trinajstić information content (AvgIpc) is 3.76. The first-order valence-corrected chi connectivity index (χ1v) is 32.9. The Hall–Kier alpha value is -3.37. The van der Waals surface area contributed by atoms with Gasteiger partial charge in [-0.3, -0.25) is 36.7 Å². The summed E-state index contributed by atoms with van der Waals surface area (Å²) in [6.45, 7) is 48.5. The van der Waals surface area contributed by atoms with E-state index in [9.17, 15) is 9.59 Å². The minimum absolute atomic E-state index is 0. The second kappa shape index (κ2) is 41.3. The van der Waals surface area contributed by atoms with Crippen molar-refractivity contribution < 1.29 is 82.1 Å². The third-order valence-electron chi connectivity index (χ3n) is 9.55. The number of hydrogen-bond donors (Lipinski definition) is 0. The summed E-state index contributed by atoms with van der Waals surface area (Å²) in [6, 6.07) is 3.50. The second-order valence-electron chi connectivity index (χ2n) is 17.5. The van der Waals surface area contributed by atoms with Gasteiger partial charge in [-0.1, -0.05) is 92.4 Å². The summed E-state index contributed by atoms with van der Waals surface area (Å²) in [5, 5.41) is 19.7. The summed E-state index contributed by atoms with van der Waals surface area (Å²) in [6.07, 6.45) is 10.2. The quantitative estimate of drug-likeness (QED) is 0.138. The summed E-state index contributed by atoms with van der Waals surface area (Å²) in [7, 11) is -6.15. The van der Waals surface area contributed by atoms with Gasteiger partial charge in [0.05, 0.1) is 44.4 Å². The zero-order valence-corrected chi connectivity index (χ0v) is 47.4. The molecule has 4 aliphatic carbocycles. The van der Waals surface area contributed by atoms with E-state index < -0.39 is 32.3 Å². The van der Waals surface area contributed by atoms with E-state index in [4.69, 9.17) is 48.9 Å². The van der Waals surface area contributed by atoms with E-state index in [1.54, 1.807) is 12.1 Å². The fraction of sp³-hybridized carbons (Fsp3) is 0.556. The number of carbonyl (C=O) groups is 2. The maximum atomic E-state index is 13.2. The van der Waals surface area contributed by atoms with E-state index >= 15 is 0 Å². The topological polar surface area (TPSA) is 218 Å². The molecule has 12 nitrogen and oxygen atoms in total. The maximum absolute atomic E-state index is 13.2. The molecule has 0 saturated heterocycles. The van der Waals surface area contributed by atoms with E-state index in [0.717, 1.165) is 25.7 Å². The molecule has 356 valence electrons. The minimum Gasteiger partial charge on any atom is -0.545 e. The minimum atomic E-state index is -1.57. The summed E-state index contributed by atoms with van der Waals surface area (Å²) in [5.74, 6) is 0.916. The monoisotopic (exact) mass is 1030 g/mol. The molecule has 4 rings (SSSR count). The van der Waals surface area contributed by atoms with Gasteiger partial charge in [-0.05, 0) is 99.9 Å². The third-order valence-corrected chi connectivity index (χ3v) is 17.7. The van der Waals surface area contributed by atoms with Crippen LogP contribution in [0.1, 0.15) is 79.1 Å². The van der Waals surface area contributed by atoms with Gasteiger partial charge in [-0.25, -0.2) is 0 Å². The smallest absolute Gasteiger partial charge is 0.545 e. The summed E-state index contributed by atoms with van der Waals surface area (Å²) < 4.78 is 0. The Bertz CT molecular complexity index is 1530. The van der Waals surface area contributed by atoms with E-state index in [2.05, 4.69) is 120 Å². The molecule has 0 aromatic heterocycles. The van der Waals surface area contributed by atoms with Crippen LogP contribution in [0.25, 0.3) is 0 Å². The molecule has 2 fully saturated rings. The molecule has 0 heterocycles. The van der Waals surface area contributed by atoms with Crippen LogP contribution in [0, 0.1) is 42.9 Å². The number of fused-ring (bicyclic) bond motifs is 2. The molecular formula is C45H74Fe2N2O10Si4. The van der Waals surface area contributed by atoms with Gasteiger partial charge in [0.15, 0.2) is 11.6 Å². The van der Waals surface area contributed by atoms with Crippen LogP contribution >= 0.6 is 0 Å². The molecule has 0 aromatic rings. The average molecular weight is 1030 g/mol. The number of carbonyl (C=O) groups excluding carboxylic acids is 10. The van der Waals surface area contributed by atoms with Crippen molar-refractivity contribution in [1.29, 1.82) is 10.5 Å². The largest absolute Gasteiger partial charge is 3.00 e. The van der Waals surface area contributed by atoms with Crippen LogP contribution in [0.5, 0.6) is 0 Å². The van der Waals surface area contributed by atoms with Crippen LogP contribution in [0.15, 0.2) is 43.1 Å². The van der Waals surface area contributed by atoms with Crippen molar-refractivity contribution in [3.8, 4) is 12.1 Å². The molecule has 0 unspecified atom stereocenters. The molecule has 2 radical (unpaired) electrons. The fourth-order valence-corrected chi connectivity index (χ4v) is 15.8. The second-order valence-corrected chi connectivity index (χ2v) is 37.5. The number of hydrogen-bond acceptors (Lipinski definition) is 12. The Morgan fingerprint density at radius 1 is 0.476 bits per heavy atom. The molecule has 0 aliphatic heterocycles. The first kappa shape index (κ1) is 83.2. The molecule has 0 atom stereocenters. The molecule has 4 aliphatic rings. The Morgan fingerprint density at radius 2 is 0.635 bits per heavy atom. The molecule has 0 bridgehead atoms. The van der Waals surface area contributed by atoms with Crippen molar-refractivity contribution in [3.63, 3.8) is 0 Å². The predicted molar refractivity (Wildman–Crippen MR) is 255 cm³/mol. The Morgan fingerprint density at radius 3 is 0.778 bits per heavy atom. The third kappa shape index (κ3) is 26.9. The van der Waals surface area contributed by atoms with E-state index in [1.807, 2.05) is 0 Å². The maximum Gasteiger partial charge on any atom is 3.00 e. The molecular weight excluding hydrogens is 953 g/mol. The number of Topliss-reactive ketones (excluding diaryl/α,β-unsaturated/α-hetero) is 2. The summed E-state index contributed by atoms with van der Waals surface area (Å²) in [4.78, 5) is 89.6. The number of nitriles is 2. The predicted octanol–water partition coefficient (Wildman–Crippen LogP) is 9.70. The van der Waals surface area contributed by atoms with Gasteiger partial charge in [-0.2, -0.15) is 29.7 Å². The number of ketones is 2. The Kier molecular flexibility index (Phi) is 54.6. The number of rotatable bonds is 6. The molecule has 0 aromatic carbocycles. The van der Waals surface area contributed by atoms with Crippen molar-refractivity contribution >= 4 is 83.3 Å². The normalized spacial score (nSPS) is 14.4. The van der Waals surface area contributed by atoms with Gasteiger partial charge in [0, 0.05) is 13.8 Å². The molecule has 0 spiro atoms. The van der Waals surface area contributed by atoms with E-state index in [-0.39, 0.29) is 61.3 Å². The fourth-order valence-electron chi connectivity index (χ4n) is 7.68. The molecule has 0 amide bonds. The van der Waals surface area contributed by atoms with Gasteiger partial charge in [0.25, 0.3) is 0 Å². The molecule has 63 heavy (non-hydrogen) atoms. The van der Waals surface area contributed by atoms with Crippen LogP contribution in [0.3, 0.4) is 0 Å². The van der Waals surface area contributed by atoms with E-state index in [1.165, 1.54) is 82.6 Å². The van der Waals surface area contributed by atoms with Crippen LogP contribution in [-0.4, -0.2) is 83.3 Å². The van der Waals surface area contributed by atoms with Crippen molar-refractivity contribution in [2.24, 2.45) is 5.41 Å². The van der Waals surface area contributed by atoms with Crippen LogP contribution in [-0.2, 0) is 82.1 Å². The number of allylic oxidation sites excluding steroid dienone is 8. The van der Waals surface area contributed by atoms with Gasteiger partial charge < -0.3 is 34.0 Å². The SMILES string of the molecule is CC#N.CC#N.CCC1(CC)CC2=C([Si](C)(C)C)C(=O)C([Si](C)(C)C)=C2C1.C[Si](C)(C)C1=C2CCCCC2=C([Si](C)(C)C)C1=O.O=C=O.O=C=O.[CH-]=O.[CH-]=O.[CH-]=O.[CH-]=O.[CH3-].[CH3-].[Fe+3].[Fe+3]. The van der Waals surface area contributed by atoms with E-state index in [0.29, 0.717) is 17.0 Å². The van der Waals surface area contributed by atoms with Crippen LogP contribution in [0.2, 0.25) is 78.6 Å². The van der Waals surface area contributed by atoms with Crippen LogP contribution < -0.4 is 0 Å². The summed E-state index contributed by atoms with van der Waals surface area (Å²) >= 11 is 0. The van der Waals surface area contributed by atoms with Gasteiger partial charge in [0.1, 0.15) is 0 Å². The van der Waals surface area contributed by atoms with Crippen LogP contribution in [0.4, 0.5) is 0 Å². The first-order chi connectivity index (χ1) is 27.3. The zero-order chi connectivity index (χ0) is 48.8. The van der Waals surface area contributed by atoms with Crippen molar-refractivity contribution in [2.75, 3.05) is 0 Å². The molecule has 18 heteroatoms.